The number of hydrogen-bond donors (Lipinski definition) is 2. The van der Waals surface area contributed by atoms with Crippen molar-refractivity contribution in [1.29, 1.82) is 0 Å². The zero-order valence-corrected chi connectivity index (χ0v) is 19.5. The molecule has 0 bridgehead atoms. The Bertz CT molecular complexity index is 777. The largest absolute Gasteiger partial charge is 0.342 e. The van der Waals surface area contributed by atoms with Crippen LogP contribution in [0.5, 0.6) is 0 Å². The Balaban J connectivity index is 1.50. The number of likely N-dealkylation sites (tertiary alicyclic amines) is 2. The molecule has 4 amide bonds. The Hall–Kier alpha value is -2.17. The maximum atomic E-state index is 13.6. The van der Waals surface area contributed by atoms with E-state index in [1.54, 1.807) is 6.08 Å². The fourth-order valence-corrected chi connectivity index (χ4v) is 4.89. The maximum Gasteiger partial charge on any atom is 0.265 e. The van der Waals surface area contributed by atoms with Crippen LogP contribution in [0.4, 0.5) is 8.78 Å². The van der Waals surface area contributed by atoms with Crippen molar-refractivity contribution in [3.05, 3.63) is 12.7 Å². The lowest BCUT2D eigenvalue weighted by Gasteiger charge is -2.32. The summed E-state index contributed by atoms with van der Waals surface area (Å²) in [5, 5.41) is 3.15. The van der Waals surface area contributed by atoms with Gasteiger partial charge < -0.3 is 15.1 Å². The molecular formula is C22H32F2N4O4S. The minimum absolute atomic E-state index is 0.140. The molecule has 2 saturated heterocycles. The number of nitrogens with zero attached hydrogens (tertiary/aromatic N) is 2. The summed E-state index contributed by atoms with van der Waals surface area (Å²) >= 11 is 1.36. The second kappa shape index (κ2) is 11.3. The molecule has 1 unspecified atom stereocenters. The third-order valence-corrected chi connectivity index (χ3v) is 7.18. The highest BCUT2D eigenvalue weighted by molar-refractivity contribution is 7.98. The highest BCUT2D eigenvalue weighted by atomic mass is 32.2. The van der Waals surface area contributed by atoms with E-state index in [1.807, 2.05) is 0 Å². The zero-order chi connectivity index (χ0) is 24.0. The van der Waals surface area contributed by atoms with Crippen LogP contribution >= 0.6 is 11.9 Å². The zero-order valence-electron chi connectivity index (χ0n) is 18.7. The van der Waals surface area contributed by atoms with Gasteiger partial charge in [0, 0.05) is 37.6 Å². The van der Waals surface area contributed by atoms with E-state index in [9.17, 15) is 28.0 Å². The van der Waals surface area contributed by atoms with Crippen LogP contribution in [0.15, 0.2) is 12.7 Å². The third-order valence-electron chi connectivity index (χ3n) is 6.06. The molecule has 11 heteroatoms. The number of carbonyl (C=O) groups excluding carboxylic acids is 4. The highest BCUT2D eigenvalue weighted by Crippen LogP contribution is 2.32. The van der Waals surface area contributed by atoms with Gasteiger partial charge in [-0.2, -0.15) is 0 Å². The number of carbonyl (C=O) groups is 4. The summed E-state index contributed by atoms with van der Waals surface area (Å²) in [5.74, 6) is -4.44. The standard InChI is InChI=1S/C22H32F2N4O4S/c1-2-5-16(20(31)26-33-15-7-8-15)25-21(32)17-6-3-13-28(17)19(30)10-9-18(29)27-12-4-11-22(23,24)14-27/h2,15-17H,1,3-14H2,(H,25,32)(H,26,31)/t16?,17-/m0/s1. The van der Waals surface area contributed by atoms with E-state index in [4.69, 9.17) is 0 Å². The minimum atomic E-state index is -2.89. The number of alkyl halides is 2. The summed E-state index contributed by atoms with van der Waals surface area (Å²) in [7, 11) is 0. The van der Waals surface area contributed by atoms with Crippen LogP contribution in [0.25, 0.3) is 0 Å². The third kappa shape index (κ3) is 7.41. The number of nitrogens with one attached hydrogen (secondary N) is 2. The Morgan fingerprint density at radius 1 is 1.09 bits per heavy atom. The van der Waals surface area contributed by atoms with Crippen LogP contribution < -0.4 is 10.0 Å². The summed E-state index contributed by atoms with van der Waals surface area (Å²) in [6, 6.07) is -1.50. The van der Waals surface area contributed by atoms with Crippen molar-refractivity contribution in [3.8, 4) is 0 Å². The highest BCUT2D eigenvalue weighted by Gasteiger charge is 2.38. The van der Waals surface area contributed by atoms with Gasteiger partial charge in [-0.15, -0.1) is 6.58 Å². The second-order valence-corrected chi connectivity index (χ2v) is 10.00. The van der Waals surface area contributed by atoms with Crippen molar-refractivity contribution in [3.63, 3.8) is 0 Å². The molecule has 2 heterocycles. The van der Waals surface area contributed by atoms with Gasteiger partial charge in [-0.05, 0) is 50.5 Å². The van der Waals surface area contributed by atoms with Gasteiger partial charge in [0.2, 0.25) is 17.7 Å². The van der Waals surface area contributed by atoms with Gasteiger partial charge in [-0.3, -0.25) is 23.9 Å². The number of amides is 4. The van der Waals surface area contributed by atoms with Crippen molar-refractivity contribution < 1.29 is 28.0 Å². The van der Waals surface area contributed by atoms with Gasteiger partial charge in [0.25, 0.3) is 11.8 Å². The van der Waals surface area contributed by atoms with Gasteiger partial charge in [0.1, 0.15) is 12.1 Å². The Labute approximate surface area is 197 Å². The maximum absolute atomic E-state index is 13.6. The SMILES string of the molecule is C=CCC(NC(=O)[C@@H]1CCCN1C(=O)CCC(=O)N1CCCC(F)(F)C1)C(=O)NSC1CC1. The molecule has 184 valence electrons. The van der Waals surface area contributed by atoms with Crippen LogP contribution in [-0.2, 0) is 19.2 Å². The summed E-state index contributed by atoms with van der Waals surface area (Å²) < 4.78 is 29.9. The molecular weight excluding hydrogens is 454 g/mol. The lowest BCUT2D eigenvalue weighted by Crippen LogP contribution is -2.52. The molecule has 2 N–H and O–H groups in total. The van der Waals surface area contributed by atoms with Crippen molar-refractivity contribution in [2.45, 2.75) is 81.0 Å². The first-order valence-corrected chi connectivity index (χ1v) is 12.4. The lowest BCUT2D eigenvalue weighted by molar-refractivity contribution is -0.145. The van der Waals surface area contributed by atoms with Crippen molar-refractivity contribution in [2.24, 2.45) is 0 Å². The molecule has 0 aromatic rings. The molecule has 0 aromatic carbocycles. The summed E-state index contributed by atoms with van der Waals surface area (Å²) in [5.41, 5.74) is 0. The van der Waals surface area contributed by atoms with Crippen LogP contribution in [0.1, 0.15) is 57.8 Å². The van der Waals surface area contributed by atoms with E-state index >= 15 is 0 Å². The monoisotopic (exact) mass is 486 g/mol. The molecule has 3 aliphatic rings. The smallest absolute Gasteiger partial charge is 0.265 e. The molecule has 0 radical (unpaired) electrons. The first kappa shape index (κ1) is 25.5. The second-order valence-electron chi connectivity index (χ2n) is 8.89. The molecule has 8 nitrogen and oxygen atoms in total. The van der Waals surface area contributed by atoms with Crippen molar-refractivity contribution >= 4 is 35.6 Å². The van der Waals surface area contributed by atoms with E-state index in [2.05, 4.69) is 16.6 Å². The number of halogens is 2. The first-order valence-electron chi connectivity index (χ1n) is 11.5. The fraction of sp³-hybridized carbons (Fsp3) is 0.727. The molecule has 1 aliphatic carbocycles. The van der Waals surface area contributed by atoms with E-state index in [0.29, 0.717) is 24.6 Å². The quantitative estimate of drug-likeness (QED) is 0.364. The molecule has 3 fully saturated rings. The molecule has 0 spiro atoms. The van der Waals surface area contributed by atoms with Gasteiger partial charge >= 0.3 is 0 Å². The van der Waals surface area contributed by atoms with E-state index in [1.165, 1.54) is 16.8 Å². The first-order chi connectivity index (χ1) is 15.7. The normalized spacial score (nSPS) is 23.0. The van der Waals surface area contributed by atoms with Gasteiger partial charge in [-0.25, -0.2) is 8.78 Å². The van der Waals surface area contributed by atoms with Crippen LogP contribution in [0, 0.1) is 0 Å². The lowest BCUT2D eigenvalue weighted by atomic mass is 10.1. The average molecular weight is 487 g/mol. The summed E-state index contributed by atoms with van der Waals surface area (Å²) in [6.45, 7) is 3.68. The number of hydrogen-bond acceptors (Lipinski definition) is 5. The molecule has 3 rings (SSSR count). The molecule has 0 aromatic heterocycles. The minimum Gasteiger partial charge on any atom is -0.342 e. The van der Waals surface area contributed by atoms with Crippen LogP contribution in [-0.4, -0.2) is 76.3 Å². The van der Waals surface area contributed by atoms with Crippen LogP contribution in [0.2, 0.25) is 0 Å². The predicted molar refractivity (Wildman–Crippen MR) is 120 cm³/mol. The number of rotatable bonds is 10. The Kier molecular flexibility index (Phi) is 8.72. The molecule has 2 aliphatic heterocycles. The van der Waals surface area contributed by atoms with Gasteiger partial charge in [0.05, 0.1) is 6.54 Å². The summed E-state index contributed by atoms with van der Waals surface area (Å²) in [6.07, 6.45) is 4.73. The van der Waals surface area contributed by atoms with Gasteiger partial charge in [-0.1, -0.05) is 6.08 Å². The van der Waals surface area contributed by atoms with Crippen LogP contribution in [0.3, 0.4) is 0 Å². The summed E-state index contributed by atoms with van der Waals surface area (Å²) in [4.78, 5) is 52.9. The Morgan fingerprint density at radius 2 is 1.82 bits per heavy atom. The predicted octanol–water partition coefficient (Wildman–Crippen LogP) is 2.00. The molecule has 1 saturated carbocycles. The Morgan fingerprint density at radius 3 is 2.48 bits per heavy atom. The van der Waals surface area contributed by atoms with E-state index in [-0.39, 0.29) is 50.5 Å². The van der Waals surface area contributed by atoms with Crippen molar-refractivity contribution in [1.82, 2.24) is 19.8 Å². The van der Waals surface area contributed by atoms with E-state index < -0.39 is 36.4 Å². The number of piperidine rings is 1. The molecule has 2 atom stereocenters. The fourth-order valence-electron chi connectivity index (χ4n) is 4.10. The van der Waals surface area contributed by atoms with Gasteiger partial charge in [0.15, 0.2) is 0 Å². The topological polar surface area (TPSA) is 98.8 Å². The van der Waals surface area contributed by atoms with Crippen molar-refractivity contribution in [2.75, 3.05) is 19.6 Å². The van der Waals surface area contributed by atoms with E-state index in [0.717, 1.165) is 17.7 Å². The average Bonchev–Trinajstić information content (AvgIpc) is 3.47. The molecule has 33 heavy (non-hydrogen) atoms.